The molecule has 124 valence electrons. The Labute approximate surface area is 139 Å². The van der Waals surface area contributed by atoms with Gasteiger partial charge in [0.2, 0.25) is 0 Å². The molecule has 0 aromatic heterocycles. The van der Waals surface area contributed by atoms with E-state index in [-0.39, 0.29) is 18.9 Å². The highest BCUT2D eigenvalue weighted by atomic mass is 16.5. The quantitative estimate of drug-likeness (QED) is 0.618. The Hall–Kier alpha value is -3.15. The highest BCUT2D eigenvalue weighted by Gasteiger charge is 2.16. The lowest BCUT2D eigenvalue weighted by Gasteiger charge is -2.21. The Bertz CT molecular complexity index is 725. The Morgan fingerprint density at radius 3 is 2.04 bits per heavy atom. The number of aliphatic carboxylic acids is 1. The minimum absolute atomic E-state index is 0.125. The fraction of sp³-hybridized carbons (Fsp3) is 0.167. The third-order valence-electron chi connectivity index (χ3n) is 3.40. The number of carbonyl (C=O) groups excluding carboxylic acids is 2. The molecule has 0 aliphatic heterocycles. The van der Waals surface area contributed by atoms with Crippen LogP contribution in [-0.4, -0.2) is 43.0 Å². The zero-order chi connectivity index (χ0) is 17.5. The lowest BCUT2D eigenvalue weighted by atomic mass is 10.0. The van der Waals surface area contributed by atoms with E-state index in [0.29, 0.717) is 16.8 Å². The van der Waals surface area contributed by atoms with Gasteiger partial charge >= 0.3 is 11.9 Å². The van der Waals surface area contributed by atoms with Crippen molar-refractivity contribution >= 4 is 23.4 Å². The smallest absolute Gasteiger partial charge is 0.325 e. The summed E-state index contributed by atoms with van der Waals surface area (Å²) in [6, 6.07) is 15.3. The third kappa shape index (κ3) is 4.42. The van der Waals surface area contributed by atoms with Gasteiger partial charge in [-0.1, -0.05) is 30.3 Å². The Morgan fingerprint density at radius 1 is 0.917 bits per heavy atom. The predicted octanol–water partition coefficient (Wildman–Crippen LogP) is 1.98. The highest BCUT2D eigenvalue weighted by molar-refractivity contribution is 6.09. The average molecular weight is 327 g/mol. The topological polar surface area (TPSA) is 83.9 Å². The van der Waals surface area contributed by atoms with Gasteiger partial charge in [0.15, 0.2) is 5.78 Å². The summed E-state index contributed by atoms with van der Waals surface area (Å²) < 4.78 is 4.58. The van der Waals surface area contributed by atoms with Gasteiger partial charge in [-0.2, -0.15) is 0 Å². The Balaban J connectivity index is 2.20. The van der Waals surface area contributed by atoms with Crippen LogP contribution in [-0.2, 0) is 14.3 Å². The molecular formula is C18H17NO5. The molecule has 6 nitrogen and oxygen atoms in total. The molecule has 1 N–H and O–H groups in total. The largest absolute Gasteiger partial charge is 0.480 e. The van der Waals surface area contributed by atoms with E-state index in [9.17, 15) is 14.4 Å². The van der Waals surface area contributed by atoms with E-state index in [0.717, 1.165) is 0 Å². The number of hydrogen-bond donors (Lipinski definition) is 1. The van der Waals surface area contributed by atoms with Crippen molar-refractivity contribution in [3.8, 4) is 0 Å². The van der Waals surface area contributed by atoms with Crippen LogP contribution in [0, 0.1) is 0 Å². The molecule has 24 heavy (non-hydrogen) atoms. The second kappa shape index (κ2) is 7.92. The molecule has 0 unspecified atom stereocenters. The maximum Gasteiger partial charge on any atom is 0.325 e. The number of carbonyl (C=O) groups is 3. The van der Waals surface area contributed by atoms with Crippen LogP contribution in [0.5, 0.6) is 0 Å². The van der Waals surface area contributed by atoms with Gasteiger partial charge in [-0.05, 0) is 24.3 Å². The highest BCUT2D eigenvalue weighted by Crippen LogP contribution is 2.17. The van der Waals surface area contributed by atoms with Crippen molar-refractivity contribution in [2.45, 2.75) is 0 Å². The molecule has 0 aliphatic carbocycles. The van der Waals surface area contributed by atoms with Gasteiger partial charge in [0.05, 0.1) is 7.11 Å². The monoisotopic (exact) mass is 327 g/mol. The number of anilines is 1. The summed E-state index contributed by atoms with van der Waals surface area (Å²) in [6.07, 6.45) is 0. The minimum atomic E-state index is -1.07. The van der Waals surface area contributed by atoms with Gasteiger partial charge in [-0.15, -0.1) is 0 Å². The zero-order valence-electron chi connectivity index (χ0n) is 13.1. The summed E-state index contributed by atoms with van der Waals surface area (Å²) in [5.41, 5.74) is 1.58. The van der Waals surface area contributed by atoms with Crippen molar-refractivity contribution in [3.05, 3.63) is 65.7 Å². The number of carboxylic acids is 1. The van der Waals surface area contributed by atoms with E-state index < -0.39 is 11.9 Å². The molecule has 2 aromatic rings. The first-order valence-corrected chi connectivity index (χ1v) is 7.24. The maximum atomic E-state index is 12.3. The number of carboxylic acid groups (broad SMARTS) is 1. The summed E-state index contributed by atoms with van der Waals surface area (Å²) in [7, 11) is 1.24. The number of rotatable bonds is 7. The van der Waals surface area contributed by atoms with Gasteiger partial charge in [0.1, 0.15) is 13.1 Å². The first-order valence-electron chi connectivity index (χ1n) is 7.24. The van der Waals surface area contributed by atoms with E-state index in [1.54, 1.807) is 48.5 Å². The van der Waals surface area contributed by atoms with E-state index >= 15 is 0 Å². The second-order valence-electron chi connectivity index (χ2n) is 5.07. The van der Waals surface area contributed by atoms with Crippen LogP contribution in [0.1, 0.15) is 15.9 Å². The minimum Gasteiger partial charge on any atom is -0.480 e. The normalized spacial score (nSPS) is 10.0. The predicted molar refractivity (Wildman–Crippen MR) is 88.2 cm³/mol. The zero-order valence-corrected chi connectivity index (χ0v) is 13.1. The van der Waals surface area contributed by atoms with E-state index in [1.165, 1.54) is 12.0 Å². The van der Waals surface area contributed by atoms with Crippen LogP contribution in [0.3, 0.4) is 0 Å². The molecule has 2 aromatic carbocycles. The van der Waals surface area contributed by atoms with Gasteiger partial charge in [0.25, 0.3) is 0 Å². The summed E-state index contributed by atoms with van der Waals surface area (Å²) in [6.45, 7) is -0.532. The molecule has 0 atom stereocenters. The molecule has 6 heteroatoms. The average Bonchev–Trinajstić information content (AvgIpc) is 2.61. The number of benzene rings is 2. The van der Waals surface area contributed by atoms with Crippen LogP contribution in [0.4, 0.5) is 5.69 Å². The summed E-state index contributed by atoms with van der Waals surface area (Å²) in [5, 5.41) is 8.97. The van der Waals surface area contributed by atoms with Crippen molar-refractivity contribution in [1.29, 1.82) is 0 Å². The van der Waals surface area contributed by atoms with Gasteiger partial charge in [0, 0.05) is 16.8 Å². The van der Waals surface area contributed by atoms with Gasteiger partial charge < -0.3 is 14.7 Å². The lowest BCUT2D eigenvalue weighted by molar-refractivity contribution is -0.139. The molecular weight excluding hydrogens is 310 g/mol. The van der Waals surface area contributed by atoms with Crippen molar-refractivity contribution in [1.82, 2.24) is 0 Å². The molecule has 0 radical (unpaired) electrons. The number of nitrogens with zero attached hydrogens (tertiary/aromatic N) is 1. The molecule has 0 saturated carbocycles. The molecule has 0 amide bonds. The molecule has 0 spiro atoms. The number of hydrogen-bond acceptors (Lipinski definition) is 5. The molecule has 0 fully saturated rings. The van der Waals surface area contributed by atoms with Gasteiger partial charge in [-0.25, -0.2) is 0 Å². The van der Waals surface area contributed by atoms with Crippen molar-refractivity contribution in [3.63, 3.8) is 0 Å². The van der Waals surface area contributed by atoms with Crippen LogP contribution >= 0.6 is 0 Å². The maximum absolute atomic E-state index is 12.3. The molecule has 2 rings (SSSR count). The number of ketones is 1. The van der Waals surface area contributed by atoms with Crippen LogP contribution < -0.4 is 4.90 Å². The van der Waals surface area contributed by atoms with Crippen molar-refractivity contribution < 1.29 is 24.2 Å². The summed E-state index contributed by atoms with van der Waals surface area (Å²) in [5.74, 6) is -1.73. The SMILES string of the molecule is COC(=O)CN(CC(=O)O)c1ccc(C(=O)c2ccccc2)cc1. The standard InChI is InChI=1S/C18H17NO5/c1-24-17(22)12-19(11-16(20)21)15-9-7-14(8-10-15)18(23)13-5-3-2-4-6-13/h2-10H,11-12H2,1H3,(H,20,21). The van der Waals surface area contributed by atoms with Crippen molar-refractivity contribution in [2.24, 2.45) is 0 Å². The van der Waals surface area contributed by atoms with E-state index in [2.05, 4.69) is 4.74 Å². The Morgan fingerprint density at radius 2 is 1.50 bits per heavy atom. The summed E-state index contributed by atoms with van der Waals surface area (Å²) in [4.78, 5) is 36.1. The van der Waals surface area contributed by atoms with Crippen molar-refractivity contribution in [2.75, 3.05) is 25.1 Å². The first kappa shape index (κ1) is 17.2. The third-order valence-corrected chi connectivity index (χ3v) is 3.40. The fourth-order valence-electron chi connectivity index (χ4n) is 2.20. The fourth-order valence-corrected chi connectivity index (χ4v) is 2.20. The van der Waals surface area contributed by atoms with Crippen LogP contribution in [0.15, 0.2) is 54.6 Å². The number of ether oxygens (including phenoxy) is 1. The van der Waals surface area contributed by atoms with Gasteiger partial charge in [-0.3, -0.25) is 14.4 Å². The lowest BCUT2D eigenvalue weighted by Crippen LogP contribution is -2.35. The molecule has 0 heterocycles. The first-order chi connectivity index (χ1) is 11.5. The van der Waals surface area contributed by atoms with Crippen LogP contribution in [0.25, 0.3) is 0 Å². The number of esters is 1. The Kier molecular flexibility index (Phi) is 5.68. The van der Waals surface area contributed by atoms with E-state index in [1.807, 2.05) is 6.07 Å². The number of methoxy groups -OCH3 is 1. The van der Waals surface area contributed by atoms with E-state index in [4.69, 9.17) is 5.11 Å². The van der Waals surface area contributed by atoms with Crippen LogP contribution in [0.2, 0.25) is 0 Å². The second-order valence-corrected chi connectivity index (χ2v) is 5.07. The summed E-state index contributed by atoms with van der Waals surface area (Å²) >= 11 is 0. The molecule has 0 aliphatic rings. The molecule has 0 bridgehead atoms. The molecule has 0 saturated heterocycles.